The van der Waals surface area contributed by atoms with Crippen LogP contribution in [-0.2, 0) is 14.8 Å². The Bertz CT molecular complexity index is 912. The number of hydrogen-bond donors (Lipinski definition) is 2. The smallest absolute Gasteiger partial charge is 0.245 e. The zero-order valence-corrected chi connectivity index (χ0v) is 16.0. The van der Waals surface area contributed by atoms with Crippen molar-refractivity contribution in [1.82, 2.24) is 24.5 Å². The third kappa shape index (κ3) is 3.71. The van der Waals surface area contributed by atoms with Gasteiger partial charge < -0.3 is 15.2 Å². The monoisotopic (exact) mass is 391 g/mol. The van der Waals surface area contributed by atoms with Crippen LogP contribution in [0.4, 0.5) is 0 Å². The summed E-state index contributed by atoms with van der Waals surface area (Å²) in [6.45, 7) is 3.58. The maximum Gasteiger partial charge on any atom is 0.245 e. The Balaban J connectivity index is 1.37. The first-order valence-electron chi connectivity index (χ1n) is 9.46. The number of carbonyl (C=O) groups is 1. The van der Waals surface area contributed by atoms with Gasteiger partial charge in [0.25, 0.3) is 0 Å². The number of nitrogens with one attached hydrogen (secondary N) is 2. The number of H-pyrrole nitrogens is 1. The van der Waals surface area contributed by atoms with E-state index < -0.39 is 10.0 Å². The minimum absolute atomic E-state index is 0.134. The number of aromatic amines is 1. The summed E-state index contributed by atoms with van der Waals surface area (Å²) in [5.41, 5.74) is 0.561. The molecule has 2 aromatic heterocycles. The fraction of sp³-hybridized carbons (Fsp3) is 0.556. The van der Waals surface area contributed by atoms with E-state index in [9.17, 15) is 13.2 Å². The van der Waals surface area contributed by atoms with Crippen LogP contribution in [0.15, 0.2) is 29.4 Å². The molecule has 0 aliphatic carbocycles. The first-order chi connectivity index (χ1) is 13.1. The lowest BCUT2D eigenvalue weighted by Crippen LogP contribution is -2.50. The lowest BCUT2D eigenvalue weighted by molar-refractivity contribution is -0.132. The number of sulfonamides is 1. The van der Waals surface area contributed by atoms with Gasteiger partial charge in [-0.3, -0.25) is 4.79 Å². The Labute approximate surface area is 159 Å². The summed E-state index contributed by atoms with van der Waals surface area (Å²) in [6.07, 6.45) is 5.72. The average Bonchev–Trinajstić information content (AvgIpc) is 3.36. The predicted octanol–water partition coefficient (Wildman–Crippen LogP) is 0.786. The maximum absolute atomic E-state index is 13.0. The van der Waals surface area contributed by atoms with Gasteiger partial charge in [0.2, 0.25) is 15.9 Å². The largest absolute Gasteiger partial charge is 0.345 e. The molecule has 4 rings (SSSR count). The van der Waals surface area contributed by atoms with Gasteiger partial charge in [-0.25, -0.2) is 13.4 Å². The van der Waals surface area contributed by atoms with E-state index in [1.165, 1.54) is 10.5 Å². The molecule has 27 heavy (non-hydrogen) atoms. The van der Waals surface area contributed by atoms with Crippen LogP contribution in [0.1, 0.15) is 19.3 Å². The highest BCUT2D eigenvalue weighted by molar-refractivity contribution is 7.89. The fourth-order valence-electron chi connectivity index (χ4n) is 3.91. The first kappa shape index (κ1) is 18.4. The second-order valence-corrected chi connectivity index (χ2v) is 9.14. The fourth-order valence-corrected chi connectivity index (χ4v) is 5.48. The molecule has 1 atom stereocenters. The summed E-state index contributed by atoms with van der Waals surface area (Å²) in [4.78, 5) is 21.6. The Morgan fingerprint density at radius 3 is 2.81 bits per heavy atom. The quantitative estimate of drug-likeness (QED) is 0.785. The molecular weight excluding hydrogens is 366 g/mol. The number of piperazine rings is 1. The van der Waals surface area contributed by atoms with Crippen molar-refractivity contribution < 1.29 is 13.2 Å². The summed E-state index contributed by atoms with van der Waals surface area (Å²) >= 11 is 0. The molecule has 2 saturated heterocycles. The van der Waals surface area contributed by atoms with E-state index in [1.54, 1.807) is 23.2 Å². The van der Waals surface area contributed by atoms with Crippen molar-refractivity contribution in [1.29, 1.82) is 0 Å². The third-order valence-corrected chi connectivity index (χ3v) is 7.49. The molecule has 9 heteroatoms. The molecule has 0 saturated carbocycles. The standard InChI is InChI=1S/C18H25N5O3S/c24-17(4-3-14-5-7-19-12-14)22-8-10-23(11-9-22)27(25,26)16-13-21-18-15(16)2-1-6-20-18/h1-2,6,13-14,19H,3-5,7-12H2,(H,20,21). The molecule has 2 aliphatic heterocycles. The van der Waals surface area contributed by atoms with Gasteiger partial charge in [-0.2, -0.15) is 4.31 Å². The van der Waals surface area contributed by atoms with E-state index in [0.717, 1.165) is 25.9 Å². The lowest BCUT2D eigenvalue weighted by Gasteiger charge is -2.34. The SMILES string of the molecule is O=C(CCC1CCNC1)N1CCN(S(=O)(=O)c2c[nH]c3ncccc23)CC1. The van der Waals surface area contributed by atoms with E-state index in [1.807, 2.05) is 0 Å². The number of nitrogens with zero attached hydrogens (tertiary/aromatic N) is 3. The van der Waals surface area contributed by atoms with Crippen LogP contribution >= 0.6 is 0 Å². The van der Waals surface area contributed by atoms with E-state index in [4.69, 9.17) is 0 Å². The topological polar surface area (TPSA) is 98.4 Å². The molecule has 2 fully saturated rings. The van der Waals surface area contributed by atoms with E-state index >= 15 is 0 Å². The van der Waals surface area contributed by atoms with Crippen LogP contribution in [0.2, 0.25) is 0 Å². The van der Waals surface area contributed by atoms with Gasteiger partial charge in [-0.1, -0.05) is 0 Å². The molecule has 0 aromatic carbocycles. The molecule has 0 bridgehead atoms. The zero-order valence-electron chi connectivity index (χ0n) is 15.2. The Morgan fingerprint density at radius 1 is 1.26 bits per heavy atom. The van der Waals surface area contributed by atoms with Crippen molar-refractivity contribution >= 4 is 27.0 Å². The number of rotatable bonds is 5. The van der Waals surface area contributed by atoms with Crippen molar-refractivity contribution in [2.24, 2.45) is 5.92 Å². The summed E-state index contributed by atoms with van der Waals surface area (Å²) in [5.74, 6) is 0.723. The molecule has 2 aromatic rings. The molecule has 1 unspecified atom stereocenters. The van der Waals surface area contributed by atoms with Gasteiger partial charge in [-0.15, -0.1) is 0 Å². The summed E-state index contributed by atoms with van der Waals surface area (Å²) in [7, 11) is -3.60. The minimum atomic E-state index is -3.60. The normalized spacial score (nSPS) is 21.8. The second kappa shape index (κ2) is 7.57. The Morgan fingerprint density at radius 2 is 2.07 bits per heavy atom. The average molecular weight is 391 g/mol. The summed E-state index contributed by atoms with van der Waals surface area (Å²) in [6, 6.07) is 3.48. The number of fused-ring (bicyclic) bond motifs is 1. The molecule has 8 nitrogen and oxygen atoms in total. The van der Waals surface area contributed by atoms with Crippen LogP contribution in [0.25, 0.3) is 11.0 Å². The highest BCUT2D eigenvalue weighted by Gasteiger charge is 2.32. The van der Waals surface area contributed by atoms with Crippen molar-refractivity contribution in [2.75, 3.05) is 39.3 Å². The molecule has 4 heterocycles. The van der Waals surface area contributed by atoms with Crippen LogP contribution in [-0.4, -0.2) is 72.8 Å². The summed E-state index contributed by atoms with van der Waals surface area (Å²) in [5, 5.41) is 3.92. The van der Waals surface area contributed by atoms with Gasteiger partial charge in [0.1, 0.15) is 10.5 Å². The molecular formula is C18H25N5O3S. The number of aromatic nitrogens is 2. The highest BCUT2D eigenvalue weighted by Crippen LogP contribution is 2.25. The minimum Gasteiger partial charge on any atom is -0.345 e. The van der Waals surface area contributed by atoms with Crippen molar-refractivity contribution in [2.45, 2.75) is 24.2 Å². The van der Waals surface area contributed by atoms with E-state index in [2.05, 4.69) is 15.3 Å². The predicted molar refractivity (Wildman–Crippen MR) is 102 cm³/mol. The molecule has 2 N–H and O–H groups in total. The molecule has 1 amide bonds. The lowest BCUT2D eigenvalue weighted by atomic mass is 10.0. The Kier molecular flexibility index (Phi) is 5.16. The molecule has 146 valence electrons. The van der Waals surface area contributed by atoms with Crippen LogP contribution in [0.5, 0.6) is 0 Å². The van der Waals surface area contributed by atoms with Crippen molar-refractivity contribution in [3.63, 3.8) is 0 Å². The molecule has 0 radical (unpaired) electrons. The van der Waals surface area contributed by atoms with Crippen LogP contribution in [0.3, 0.4) is 0 Å². The van der Waals surface area contributed by atoms with Crippen molar-refractivity contribution in [3.05, 3.63) is 24.5 Å². The summed E-state index contributed by atoms with van der Waals surface area (Å²) < 4.78 is 27.5. The number of amides is 1. The van der Waals surface area contributed by atoms with Gasteiger partial charge in [0, 0.05) is 50.4 Å². The van der Waals surface area contributed by atoms with Gasteiger partial charge in [-0.05, 0) is 44.0 Å². The van der Waals surface area contributed by atoms with Crippen LogP contribution in [0, 0.1) is 5.92 Å². The highest BCUT2D eigenvalue weighted by atomic mass is 32.2. The number of pyridine rings is 1. The van der Waals surface area contributed by atoms with Gasteiger partial charge >= 0.3 is 0 Å². The molecule has 2 aliphatic rings. The maximum atomic E-state index is 13.0. The van der Waals surface area contributed by atoms with E-state index in [-0.39, 0.29) is 10.8 Å². The number of hydrogen-bond acceptors (Lipinski definition) is 5. The zero-order chi connectivity index (χ0) is 18.9. The molecule has 0 spiro atoms. The number of carbonyl (C=O) groups excluding carboxylic acids is 1. The Hall–Kier alpha value is -1.97. The first-order valence-corrected chi connectivity index (χ1v) is 10.9. The third-order valence-electron chi connectivity index (χ3n) is 5.55. The van der Waals surface area contributed by atoms with Gasteiger partial charge in [0.05, 0.1) is 0 Å². The van der Waals surface area contributed by atoms with Crippen molar-refractivity contribution in [3.8, 4) is 0 Å². The van der Waals surface area contributed by atoms with Gasteiger partial charge in [0.15, 0.2) is 0 Å². The second-order valence-electron chi connectivity index (χ2n) is 7.23. The van der Waals surface area contributed by atoms with Crippen LogP contribution < -0.4 is 5.32 Å². The van der Waals surface area contributed by atoms with E-state index in [0.29, 0.717) is 49.6 Å².